The minimum atomic E-state index is 0.621. The average Bonchev–Trinajstić information content (AvgIpc) is 2.63. The second-order valence-corrected chi connectivity index (χ2v) is 4.98. The van der Waals surface area contributed by atoms with E-state index < -0.39 is 0 Å². The van der Waals surface area contributed by atoms with Gasteiger partial charge in [0.15, 0.2) is 0 Å². The highest BCUT2D eigenvalue weighted by molar-refractivity contribution is 4.96. The van der Waals surface area contributed by atoms with E-state index in [1.807, 2.05) is 0 Å². The van der Waals surface area contributed by atoms with Crippen molar-refractivity contribution in [1.29, 1.82) is 0 Å². The number of nitrogens with one attached hydrogen (secondary N) is 1. The topological polar surface area (TPSA) is 20.2 Å². The van der Waals surface area contributed by atoms with Crippen molar-refractivity contribution in [2.75, 3.05) is 18.5 Å². The van der Waals surface area contributed by atoms with Crippen LogP contribution in [0.15, 0.2) is 24.5 Å². The SMILES string of the molecule is CC(C)N1CCCC(Nn2cccc2)CC1. The lowest BCUT2D eigenvalue weighted by Crippen LogP contribution is -2.33. The van der Waals surface area contributed by atoms with E-state index in [1.165, 1.54) is 32.4 Å². The standard InChI is InChI=1S/C13H23N3/c1-12(2)15-8-5-6-13(7-11-15)14-16-9-3-4-10-16/h3-4,9-10,12-14H,5-8,11H2,1-2H3. The predicted molar refractivity (Wildman–Crippen MR) is 68.1 cm³/mol. The molecule has 3 heteroatoms. The monoisotopic (exact) mass is 221 g/mol. The van der Waals surface area contributed by atoms with Gasteiger partial charge in [-0.2, -0.15) is 0 Å². The van der Waals surface area contributed by atoms with E-state index in [0.29, 0.717) is 12.1 Å². The molecule has 1 aliphatic heterocycles. The largest absolute Gasteiger partial charge is 0.323 e. The van der Waals surface area contributed by atoms with Gasteiger partial charge in [-0.3, -0.25) is 4.68 Å². The van der Waals surface area contributed by atoms with Crippen molar-refractivity contribution < 1.29 is 0 Å². The third-order valence-electron chi connectivity index (χ3n) is 3.43. The van der Waals surface area contributed by atoms with Crippen LogP contribution in [-0.2, 0) is 0 Å². The Kier molecular flexibility index (Phi) is 3.88. The molecule has 0 spiro atoms. The molecule has 16 heavy (non-hydrogen) atoms. The van der Waals surface area contributed by atoms with E-state index in [9.17, 15) is 0 Å². The second-order valence-electron chi connectivity index (χ2n) is 4.98. The number of nitrogens with zero attached hydrogens (tertiary/aromatic N) is 2. The van der Waals surface area contributed by atoms with Gasteiger partial charge in [0.05, 0.1) is 0 Å². The fraction of sp³-hybridized carbons (Fsp3) is 0.692. The third kappa shape index (κ3) is 3.01. The Hall–Kier alpha value is -0.960. The number of rotatable bonds is 3. The van der Waals surface area contributed by atoms with E-state index >= 15 is 0 Å². The lowest BCUT2D eigenvalue weighted by Gasteiger charge is -2.24. The first-order chi connectivity index (χ1) is 7.75. The maximum absolute atomic E-state index is 3.55. The molecular weight excluding hydrogens is 198 g/mol. The molecule has 1 aliphatic rings. The molecule has 0 saturated carbocycles. The maximum atomic E-state index is 3.55. The lowest BCUT2D eigenvalue weighted by molar-refractivity contribution is 0.230. The Morgan fingerprint density at radius 2 is 1.88 bits per heavy atom. The Labute approximate surface area is 98.4 Å². The van der Waals surface area contributed by atoms with Crippen LogP contribution in [0.1, 0.15) is 33.1 Å². The quantitative estimate of drug-likeness (QED) is 0.845. The number of likely N-dealkylation sites (tertiary alicyclic amines) is 1. The average molecular weight is 221 g/mol. The molecule has 1 aromatic heterocycles. The first kappa shape index (κ1) is 11.5. The van der Waals surface area contributed by atoms with E-state index in [2.05, 4.69) is 53.4 Å². The summed E-state index contributed by atoms with van der Waals surface area (Å²) in [5.74, 6) is 0. The molecule has 0 bridgehead atoms. The highest BCUT2D eigenvalue weighted by atomic mass is 15.4. The Morgan fingerprint density at radius 1 is 1.12 bits per heavy atom. The van der Waals surface area contributed by atoms with Crippen molar-refractivity contribution in [1.82, 2.24) is 9.58 Å². The van der Waals surface area contributed by atoms with Gasteiger partial charge in [-0.15, -0.1) is 0 Å². The van der Waals surface area contributed by atoms with Gasteiger partial charge >= 0.3 is 0 Å². The molecule has 1 saturated heterocycles. The van der Waals surface area contributed by atoms with E-state index in [0.717, 1.165) is 0 Å². The van der Waals surface area contributed by atoms with Gasteiger partial charge in [-0.05, 0) is 51.8 Å². The van der Waals surface area contributed by atoms with Gasteiger partial charge in [-0.25, -0.2) is 0 Å². The molecule has 2 rings (SSSR count). The van der Waals surface area contributed by atoms with Gasteiger partial charge in [-0.1, -0.05) is 0 Å². The van der Waals surface area contributed by atoms with Crippen LogP contribution in [0.5, 0.6) is 0 Å². The Balaban J connectivity index is 1.84. The third-order valence-corrected chi connectivity index (χ3v) is 3.43. The van der Waals surface area contributed by atoms with Crippen LogP contribution in [0.25, 0.3) is 0 Å². The summed E-state index contributed by atoms with van der Waals surface area (Å²) >= 11 is 0. The second kappa shape index (κ2) is 5.39. The molecule has 1 N–H and O–H groups in total. The molecule has 1 fully saturated rings. The normalized spacial score (nSPS) is 23.3. The van der Waals surface area contributed by atoms with Gasteiger partial charge in [0.1, 0.15) is 0 Å². The molecule has 0 aliphatic carbocycles. The lowest BCUT2D eigenvalue weighted by atomic mass is 10.1. The van der Waals surface area contributed by atoms with Gasteiger partial charge in [0, 0.05) is 31.0 Å². The molecule has 1 atom stereocenters. The molecular formula is C13H23N3. The molecule has 1 unspecified atom stereocenters. The van der Waals surface area contributed by atoms with Crippen LogP contribution in [0.4, 0.5) is 0 Å². The van der Waals surface area contributed by atoms with Crippen LogP contribution in [-0.4, -0.2) is 34.7 Å². The van der Waals surface area contributed by atoms with Gasteiger partial charge < -0.3 is 10.3 Å². The van der Waals surface area contributed by atoms with Crippen LogP contribution < -0.4 is 5.43 Å². The molecule has 0 aromatic carbocycles. The van der Waals surface area contributed by atoms with E-state index in [4.69, 9.17) is 0 Å². The Morgan fingerprint density at radius 3 is 2.56 bits per heavy atom. The smallest absolute Gasteiger partial charge is 0.0437 e. The van der Waals surface area contributed by atoms with Crippen LogP contribution in [0.3, 0.4) is 0 Å². The fourth-order valence-electron chi connectivity index (χ4n) is 2.40. The summed E-state index contributed by atoms with van der Waals surface area (Å²) in [4.78, 5) is 2.58. The summed E-state index contributed by atoms with van der Waals surface area (Å²) in [5.41, 5.74) is 3.55. The first-order valence-electron chi connectivity index (χ1n) is 6.39. The minimum absolute atomic E-state index is 0.621. The summed E-state index contributed by atoms with van der Waals surface area (Å²) in [6.07, 6.45) is 7.98. The molecule has 0 amide bonds. The highest BCUT2D eigenvalue weighted by Gasteiger charge is 2.18. The summed E-state index contributed by atoms with van der Waals surface area (Å²) in [6, 6.07) is 5.43. The van der Waals surface area contributed by atoms with Crippen molar-refractivity contribution in [3.8, 4) is 0 Å². The fourth-order valence-corrected chi connectivity index (χ4v) is 2.40. The zero-order valence-electron chi connectivity index (χ0n) is 10.4. The zero-order valence-corrected chi connectivity index (χ0v) is 10.4. The summed E-state index contributed by atoms with van der Waals surface area (Å²) in [7, 11) is 0. The molecule has 1 aromatic rings. The van der Waals surface area contributed by atoms with Crippen LogP contribution in [0.2, 0.25) is 0 Å². The molecule has 90 valence electrons. The van der Waals surface area contributed by atoms with Crippen molar-refractivity contribution in [2.24, 2.45) is 0 Å². The summed E-state index contributed by atoms with van der Waals surface area (Å²) < 4.78 is 2.08. The van der Waals surface area contributed by atoms with Crippen molar-refractivity contribution in [2.45, 2.75) is 45.2 Å². The van der Waals surface area contributed by atoms with E-state index in [-0.39, 0.29) is 0 Å². The molecule has 3 nitrogen and oxygen atoms in total. The minimum Gasteiger partial charge on any atom is -0.323 e. The predicted octanol–water partition coefficient (Wildman–Crippen LogP) is 2.29. The van der Waals surface area contributed by atoms with Gasteiger partial charge in [0.2, 0.25) is 0 Å². The zero-order chi connectivity index (χ0) is 11.4. The number of hydrogen-bond donors (Lipinski definition) is 1. The van der Waals surface area contributed by atoms with Gasteiger partial charge in [0.25, 0.3) is 0 Å². The van der Waals surface area contributed by atoms with Crippen LogP contribution in [0, 0.1) is 0 Å². The Bertz CT molecular complexity index is 292. The number of hydrogen-bond acceptors (Lipinski definition) is 2. The first-order valence-corrected chi connectivity index (χ1v) is 6.39. The summed E-state index contributed by atoms with van der Waals surface area (Å²) in [6.45, 7) is 7.05. The maximum Gasteiger partial charge on any atom is 0.0437 e. The summed E-state index contributed by atoms with van der Waals surface area (Å²) in [5, 5.41) is 0. The van der Waals surface area contributed by atoms with Crippen molar-refractivity contribution in [3.05, 3.63) is 24.5 Å². The van der Waals surface area contributed by atoms with E-state index in [1.54, 1.807) is 0 Å². The highest BCUT2D eigenvalue weighted by Crippen LogP contribution is 2.14. The molecule has 0 radical (unpaired) electrons. The van der Waals surface area contributed by atoms with Crippen LogP contribution >= 0.6 is 0 Å². The number of aromatic nitrogens is 1. The molecule has 2 heterocycles. The van der Waals surface area contributed by atoms with Crippen molar-refractivity contribution in [3.63, 3.8) is 0 Å². The van der Waals surface area contributed by atoms with Crippen molar-refractivity contribution >= 4 is 0 Å².